The van der Waals surface area contributed by atoms with Crippen LogP contribution in [0.15, 0.2) is 23.4 Å². The van der Waals surface area contributed by atoms with Crippen molar-refractivity contribution in [1.29, 1.82) is 0 Å². The zero-order chi connectivity index (χ0) is 13.1. The predicted molar refractivity (Wildman–Crippen MR) is 62.8 cm³/mol. The van der Waals surface area contributed by atoms with E-state index in [9.17, 15) is 13.2 Å². The van der Waals surface area contributed by atoms with Gasteiger partial charge in [0.2, 0.25) is 15.9 Å². The van der Waals surface area contributed by atoms with Crippen molar-refractivity contribution in [3.63, 3.8) is 0 Å². The fourth-order valence-electron chi connectivity index (χ4n) is 1.15. The molecule has 0 aliphatic heterocycles. The standard InChI is InChI=1S/C9H14N4O3S/c1-6(9(10)14)13-17(15,16)8-5-12-4-3-7(8)11-2/h3-6,13H,1-2H3,(H2,10,14)(H,11,12). The van der Waals surface area contributed by atoms with Crippen LogP contribution >= 0.6 is 0 Å². The van der Waals surface area contributed by atoms with E-state index in [2.05, 4.69) is 15.0 Å². The number of rotatable bonds is 5. The highest BCUT2D eigenvalue weighted by Crippen LogP contribution is 2.18. The van der Waals surface area contributed by atoms with Gasteiger partial charge in [-0.1, -0.05) is 0 Å². The van der Waals surface area contributed by atoms with Gasteiger partial charge >= 0.3 is 0 Å². The summed E-state index contributed by atoms with van der Waals surface area (Å²) in [4.78, 5) is 14.5. The van der Waals surface area contributed by atoms with Crippen LogP contribution < -0.4 is 15.8 Å². The SMILES string of the molecule is CNc1ccncc1S(=O)(=O)NC(C)C(N)=O. The molecule has 1 unspecified atom stereocenters. The van der Waals surface area contributed by atoms with E-state index in [4.69, 9.17) is 5.73 Å². The molecular formula is C9H14N4O3S. The molecule has 0 aliphatic rings. The lowest BCUT2D eigenvalue weighted by molar-refractivity contribution is -0.119. The second-order valence-corrected chi connectivity index (χ2v) is 5.05. The number of amides is 1. The van der Waals surface area contributed by atoms with E-state index in [0.717, 1.165) is 0 Å². The zero-order valence-electron chi connectivity index (χ0n) is 9.47. The first kappa shape index (κ1) is 13.4. The maximum absolute atomic E-state index is 11.9. The van der Waals surface area contributed by atoms with Crippen molar-refractivity contribution in [2.75, 3.05) is 12.4 Å². The molecule has 0 fully saturated rings. The lowest BCUT2D eigenvalue weighted by Crippen LogP contribution is -2.42. The van der Waals surface area contributed by atoms with Crippen LogP contribution in [-0.4, -0.2) is 32.4 Å². The minimum absolute atomic E-state index is 0.0319. The molecule has 0 spiro atoms. The van der Waals surface area contributed by atoms with Gasteiger partial charge in [-0.25, -0.2) is 8.42 Å². The molecule has 0 saturated heterocycles. The van der Waals surface area contributed by atoms with Crippen LogP contribution in [0.4, 0.5) is 5.69 Å². The fraction of sp³-hybridized carbons (Fsp3) is 0.333. The number of nitrogens with two attached hydrogens (primary N) is 1. The highest BCUT2D eigenvalue weighted by Gasteiger charge is 2.22. The van der Waals surface area contributed by atoms with Crippen LogP contribution in [0.3, 0.4) is 0 Å². The first-order valence-corrected chi connectivity index (χ1v) is 6.30. The Bertz CT molecular complexity index is 515. The van der Waals surface area contributed by atoms with Crippen molar-refractivity contribution in [2.24, 2.45) is 5.73 Å². The van der Waals surface area contributed by atoms with Crippen LogP contribution in [0.25, 0.3) is 0 Å². The van der Waals surface area contributed by atoms with Crippen LogP contribution in [-0.2, 0) is 14.8 Å². The van der Waals surface area contributed by atoms with Crippen molar-refractivity contribution in [2.45, 2.75) is 17.9 Å². The summed E-state index contributed by atoms with van der Waals surface area (Å²) in [5.74, 6) is -0.747. The molecule has 0 aromatic carbocycles. The van der Waals surface area contributed by atoms with Gasteiger partial charge in [0.25, 0.3) is 0 Å². The van der Waals surface area contributed by atoms with Crippen molar-refractivity contribution in [3.05, 3.63) is 18.5 Å². The van der Waals surface area contributed by atoms with Crippen molar-refractivity contribution >= 4 is 21.6 Å². The number of aromatic nitrogens is 1. The summed E-state index contributed by atoms with van der Waals surface area (Å²) in [5.41, 5.74) is 5.39. The maximum Gasteiger partial charge on any atom is 0.244 e. The number of anilines is 1. The molecule has 17 heavy (non-hydrogen) atoms. The van der Waals surface area contributed by atoms with Crippen LogP contribution in [0.1, 0.15) is 6.92 Å². The number of pyridine rings is 1. The topological polar surface area (TPSA) is 114 Å². The van der Waals surface area contributed by atoms with Gasteiger partial charge in [0, 0.05) is 19.4 Å². The lowest BCUT2D eigenvalue weighted by Gasteiger charge is -2.13. The Labute approximate surface area is 99.5 Å². The molecule has 1 aromatic rings. The van der Waals surface area contributed by atoms with Crippen molar-refractivity contribution < 1.29 is 13.2 Å². The molecule has 1 heterocycles. The second-order valence-electron chi connectivity index (χ2n) is 3.37. The number of nitrogens with one attached hydrogen (secondary N) is 2. The van der Waals surface area contributed by atoms with Gasteiger partial charge in [-0.3, -0.25) is 9.78 Å². The van der Waals surface area contributed by atoms with Gasteiger partial charge in [-0.2, -0.15) is 4.72 Å². The minimum atomic E-state index is -3.82. The first-order valence-electron chi connectivity index (χ1n) is 4.82. The van der Waals surface area contributed by atoms with Gasteiger partial charge in [0.1, 0.15) is 4.90 Å². The number of carbonyl (C=O) groups excluding carboxylic acids is 1. The molecule has 0 bridgehead atoms. The van der Waals surface area contributed by atoms with E-state index >= 15 is 0 Å². The van der Waals surface area contributed by atoms with Gasteiger partial charge in [-0.05, 0) is 13.0 Å². The van der Waals surface area contributed by atoms with Crippen LogP contribution in [0.5, 0.6) is 0 Å². The van der Waals surface area contributed by atoms with E-state index in [-0.39, 0.29) is 4.90 Å². The Morgan fingerprint density at radius 2 is 2.18 bits per heavy atom. The monoisotopic (exact) mass is 258 g/mol. The maximum atomic E-state index is 11.9. The summed E-state index contributed by atoms with van der Waals surface area (Å²) < 4.78 is 26.0. The molecule has 0 saturated carbocycles. The fourth-order valence-corrected chi connectivity index (χ4v) is 2.52. The summed E-state index contributed by atoms with van der Waals surface area (Å²) in [5, 5.41) is 2.73. The molecule has 7 nitrogen and oxygen atoms in total. The van der Waals surface area contributed by atoms with Gasteiger partial charge in [-0.15, -0.1) is 0 Å². The highest BCUT2D eigenvalue weighted by atomic mass is 32.2. The zero-order valence-corrected chi connectivity index (χ0v) is 10.3. The van der Waals surface area contributed by atoms with Crippen LogP contribution in [0.2, 0.25) is 0 Å². The Morgan fingerprint density at radius 1 is 1.53 bits per heavy atom. The number of sulfonamides is 1. The minimum Gasteiger partial charge on any atom is -0.387 e. The summed E-state index contributed by atoms with van der Waals surface area (Å²) in [6, 6.07) is 0.536. The molecular weight excluding hydrogens is 244 g/mol. The summed E-state index contributed by atoms with van der Waals surface area (Å²) in [7, 11) is -2.23. The van der Waals surface area contributed by atoms with Crippen LogP contribution in [0, 0.1) is 0 Å². The van der Waals surface area contributed by atoms with Crippen molar-refractivity contribution in [3.8, 4) is 0 Å². The number of hydrogen-bond acceptors (Lipinski definition) is 5. The van der Waals surface area contributed by atoms with E-state index in [0.29, 0.717) is 5.69 Å². The van der Waals surface area contributed by atoms with Gasteiger partial charge in [0.15, 0.2) is 0 Å². The summed E-state index contributed by atoms with van der Waals surface area (Å²) >= 11 is 0. The molecule has 1 aromatic heterocycles. The largest absolute Gasteiger partial charge is 0.387 e. The average molecular weight is 258 g/mol. The normalized spacial score (nSPS) is 13.1. The van der Waals surface area contributed by atoms with E-state index in [1.807, 2.05) is 0 Å². The summed E-state index contributed by atoms with van der Waals surface area (Å²) in [6.45, 7) is 1.37. The third kappa shape index (κ3) is 3.14. The molecule has 0 aliphatic carbocycles. The molecule has 1 rings (SSSR count). The molecule has 0 radical (unpaired) electrons. The third-order valence-corrected chi connectivity index (χ3v) is 3.67. The average Bonchev–Trinajstić information content (AvgIpc) is 2.28. The molecule has 1 atom stereocenters. The van der Waals surface area contributed by atoms with Gasteiger partial charge < -0.3 is 11.1 Å². The number of primary amides is 1. The molecule has 1 amide bonds. The quantitative estimate of drug-likeness (QED) is 0.644. The third-order valence-electron chi connectivity index (χ3n) is 2.10. The number of nitrogens with zero attached hydrogens (tertiary/aromatic N) is 1. The second kappa shape index (κ2) is 5.11. The van der Waals surface area contributed by atoms with E-state index in [1.165, 1.54) is 25.4 Å². The Kier molecular flexibility index (Phi) is 4.02. The smallest absolute Gasteiger partial charge is 0.244 e. The first-order chi connectivity index (χ1) is 7.88. The molecule has 94 valence electrons. The Hall–Kier alpha value is -1.67. The molecule has 4 N–H and O–H groups in total. The Balaban J connectivity index is 3.09. The van der Waals surface area contributed by atoms with Crippen molar-refractivity contribution in [1.82, 2.24) is 9.71 Å². The highest BCUT2D eigenvalue weighted by molar-refractivity contribution is 7.89. The number of carbonyl (C=O) groups is 1. The predicted octanol–water partition coefficient (Wildman–Crippen LogP) is -0.725. The van der Waals surface area contributed by atoms with Gasteiger partial charge in [0.05, 0.1) is 11.7 Å². The summed E-state index contributed by atoms with van der Waals surface area (Å²) in [6.07, 6.45) is 2.66. The Morgan fingerprint density at radius 3 is 2.71 bits per heavy atom. The molecule has 8 heteroatoms. The van der Waals surface area contributed by atoms with E-state index in [1.54, 1.807) is 7.05 Å². The van der Waals surface area contributed by atoms with E-state index < -0.39 is 22.0 Å². The number of hydrogen-bond donors (Lipinski definition) is 3. The lowest BCUT2D eigenvalue weighted by atomic mass is 10.4.